The third-order valence-electron chi connectivity index (χ3n) is 7.33. The number of piperidine rings is 1. The van der Waals surface area contributed by atoms with E-state index in [0.717, 1.165) is 57.7 Å². The van der Waals surface area contributed by atoms with Crippen LogP contribution in [0.25, 0.3) is 6.08 Å². The molecule has 2 atom stereocenters. The highest BCUT2D eigenvalue weighted by Gasteiger charge is 2.41. The Hall–Kier alpha value is -2.58. The molecule has 0 spiro atoms. The molecule has 0 saturated carbocycles. The first-order valence-electron chi connectivity index (χ1n) is 13.5. The van der Waals surface area contributed by atoms with Gasteiger partial charge >= 0.3 is 0 Å². The van der Waals surface area contributed by atoms with Crippen LogP contribution < -0.4 is 5.56 Å². The highest BCUT2D eigenvalue weighted by Crippen LogP contribution is 2.34. The fourth-order valence-electron chi connectivity index (χ4n) is 5.60. The first kappa shape index (κ1) is 26.5. The number of hydrogen-bond acceptors (Lipinski definition) is 6. The second-order valence-corrected chi connectivity index (χ2v) is 11.4. The predicted molar refractivity (Wildman–Crippen MR) is 143 cm³/mol. The van der Waals surface area contributed by atoms with Gasteiger partial charge in [-0.1, -0.05) is 33.8 Å². The number of hydrogen-bond donors (Lipinski definition) is 1. The molecule has 4 heterocycles. The molecule has 3 aliphatic heterocycles. The molecule has 1 N–H and O–H groups in total. The molecule has 2 fully saturated rings. The standard InChI is InChI=1S/C28H43N5O3/c1-20(2)15-24-17-31(23-11-13-30(5)14-12-23)19-27-32(24)18-25(16-21(3)4)36-33(27)28(35)10-9-22-7-6-8-26(34)29-22/h6-10,19-21,23-25H,11-18H2,1-5H3,(H,29,34)/b10-9+/t24-,25+/m0/s1. The minimum absolute atomic E-state index is 0.0550. The zero-order chi connectivity index (χ0) is 25.8. The van der Waals surface area contributed by atoms with Crippen LogP contribution in [0.15, 0.2) is 41.1 Å². The number of aromatic amines is 1. The van der Waals surface area contributed by atoms with Crippen LogP contribution in [0.3, 0.4) is 0 Å². The maximum atomic E-state index is 13.5. The molecule has 0 aliphatic carbocycles. The van der Waals surface area contributed by atoms with Gasteiger partial charge in [-0.3, -0.25) is 14.4 Å². The molecular formula is C28H43N5O3. The molecule has 1 amide bonds. The van der Waals surface area contributed by atoms with Crippen molar-refractivity contribution in [1.82, 2.24) is 24.7 Å². The molecule has 36 heavy (non-hydrogen) atoms. The zero-order valence-corrected chi connectivity index (χ0v) is 22.5. The Bertz CT molecular complexity index is 1010. The number of aromatic nitrogens is 1. The average molecular weight is 498 g/mol. The van der Waals surface area contributed by atoms with Crippen LogP contribution >= 0.6 is 0 Å². The summed E-state index contributed by atoms with van der Waals surface area (Å²) < 4.78 is 0. The lowest BCUT2D eigenvalue weighted by molar-refractivity contribution is -0.228. The van der Waals surface area contributed by atoms with Gasteiger partial charge in [-0.25, -0.2) is 0 Å². The fourth-order valence-corrected chi connectivity index (χ4v) is 5.60. The third kappa shape index (κ3) is 6.59. The monoisotopic (exact) mass is 497 g/mol. The van der Waals surface area contributed by atoms with Crippen LogP contribution in [0.4, 0.5) is 0 Å². The Kier molecular flexibility index (Phi) is 8.57. The summed E-state index contributed by atoms with van der Waals surface area (Å²) in [5.41, 5.74) is 0.397. The molecule has 1 aromatic heterocycles. The van der Waals surface area contributed by atoms with E-state index >= 15 is 0 Å². The van der Waals surface area contributed by atoms with E-state index in [2.05, 4.69) is 60.6 Å². The van der Waals surface area contributed by atoms with Crippen LogP contribution in [-0.2, 0) is 9.63 Å². The van der Waals surface area contributed by atoms with E-state index < -0.39 is 0 Å². The summed E-state index contributed by atoms with van der Waals surface area (Å²) in [6, 6.07) is 5.71. The van der Waals surface area contributed by atoms with Gasteiger partial charge in [0.2, 0.25) is 5.56 Å². The average Bonchev–Trinajstić information content (AvgIpc) is 2.82. The number of amides is 1. The molecule has 198 valence electrons. The van der Waals surface area contributed by atoms with Crippen LogP contribution in [0.1, 0.15) is 59.1 Å². The predicted octanol–water partition coefficient (Wildman–Crippen LogP) is 3.50. The Morgan fingerprint density at radius 3 is 2.50 bits per heavy atom. The summed E-state index contributed by atoms with van der Waals surface area (Å²) >= 11 is 0. The number of carbonyl (C=O) groups is 1. The number of nitrogens with zero attached hydrogens (tertiary/aromatic N) is 4. The third-order valence-corrected chi connectivity index (χ3v) is 7.33. The van der Waals surface area contributed by atoms with E-state index in [1.54, 1.807) is 18.2 Å². The lowest BCUT2D eigenvalue weighted by Gasteiger charge is -2.52. The van der Waals surface area contributed by atoms with Crippen molar-refractivity contribution in [2.75, 3.05) is 33.2 Å². The minimum atomic E-state index is -0.238. The van der Waals surface area contributed by atoms with Crippen LogP contribution in [0.2, 0.25) is 0 Å². The first-order valence-corrected chi connectivity index (χ1v) is 13.5. The smallest absolute Gasteiger partial charge is 0.276 e. The van der Waals surface area contributed by atoms with Crippen molar-refractivity contribution in [3.63, 3.8) is 0 Å². The number of nitrogens with one attached hydrogen (secondary N) is 1. The van der Waals surface area contributed by atoms with Gasteiger partial charge < -0.3 is 19.7 Å². The van der Waals surface area contributed by atoms with Gasteiger partial charge in [-0.05, 0) is 69.8 Å². The van der Waals surface area contributed by atoms with E-state index in [9.17, 15) is 9.59 Å². The van der Waals surface area contributed by atoms with Crippen molar-refractivity contribution in [3.8, 4) is 0 Å². The van der Waals surface area contributed by atoms with Crippen molar-refractivity contribution < 1.29 is 9.63 Å². The van der Waals surface area contributed by atoms with E-state index in [1.165, 1.54) is 17.2 Å². The Morgan fingerprint density at radius 1 is 1.11 bits per heavy atom. The molecule has 0 bridgehead atoms. The molecule has 1 aromatic rings. The summed E-state index contributed by atoms with van der Waals surface area (Å²) in [5, 5.41) is 1.50. The van der Waals surface area contributed by atoms with Crippen LogP contribution in [0.5, 0.6) is 0 Å². The summed E-state index contributed by atoms with van der Waals surface area (Å²) in [7, 11) is 2.19. The molecule has 0 aromatic carbocycles. The number of hydroxylamine groups is 2. The number of H-pyrrole nitrogens is 1. The van der Waals surface area contributed by atoms with Gasteiger partial charge in [0.1, 0.15) is 6.10 Å². The molecule has 4 rings (SSSR count). The fraction of sp³-hybridized carbons (Fsp3) is 0.643. The number of likely N-dealkylation sites (tertiary alicyclic amines) is 1. The van der Waals surface area contributed by atoms with Crippen molar-refractivity contribution in [2.45, 2.75) is 71.6 Å². The summed E-state index contributed by atoms with van der Waals surface area (Å²) in [5.74, 6) is 1.62. The quantitative estimate of drug-likeness (QED) is 0.582. The van der Waals surface area contributed by atoms with Gasteiger partial charge in [-0.15, -0.1) is 0 Å². The molecule has 3 aliphatic rings. The number of pyridine rings is 1. The molecule has 8 heteroatoms. The van der Waals surface area contributed by atoms with E-state index in [1.807, 2.05) is 0 Å². The van der Waals surface area contributed by atoms with Crippen LogP contribution in [-0.4, -0.2) is 82.1 Å². The number of carbonyl (C=O) groups excluding carboxylic acids is 1. The topological polar surface area (TPSA) is 72.1 Å². The van der Waals surface area contributed by atoms with Gasteiger partial charge in [0.25, 0.3) is 5.91 Å². The minimum Gasteiger partial charge on any atom is -0.369 e. The number of fused-ring (bicyclic) bond motifs is 1. The highest BCUT2D eigenvalue weighted by molar-refractivity contribution is 5.92. The summed E-state index contributed by atoms with van der Waals surface area (Å²) in [6.45, 7) is 12.9. The zero-order valence-electron chi connectivity index (χ0n) is 22.5. The molecular weight excluding hydrogens is 454 g/mol. The van der Waals surface area contributed by atoms with E-state index in [-0.39, 0.29) is 17.6 Å². The Balaban J connectivity index is 1.64. The van der Waals surface area contributed by atoms with Crippen molar-refractivity contribution in [2.24, 2.45) is 11.8 Å². The maximum absolute atomic E-state index is 13.5. The number of rotatable bonds is 7. The summed E-state index contributed by atoms with van der Waals surface area (Å²) in [6.07, 6.45) is 9.45. The van der Waals surface area contributed by atoms with Crippen molar-refractivity contribution >= 4 is 12.0 Å². The Labute approximate surface area is 215 Å². The Morgan fingerprint density at radius 2 is 1.83 bits per heavy atom. The molecule has 0 radical (unpaired) electrons. The van der Waals surface area contributed by atoms with Crippen LogP contribution in [0, 0.1) is 11.8 Å². The van der Waals surface area contributed by atoms with Gasteiger partial charge in [0, 0.05) is 49.2 Å². The van der Waals surface area contributed by atoms with E-state index in [0.29, 0.717) is 29.6 Å². The first-order chi connectivity index (χ1) is 17.2. The van der Waals surface area contributed by atoms with Crippen molar-refractivity contribution in [1.29, 1.82) is 0 Å². The maximum Gasteiger partial charge on any atom is 0.276 e. The van der Waals surface area contributed by atoms with Gasteiger partial charge in [-0.2, -0.15) is 5.06 Å². The highest BCUT2D eigenvalue weighted by atomic mass is 16.7. The lowest BCUT2D eigenvalue weighted by Crippen LogP contribution is -2.60. The normalized spacial score (nSPS) is 24.1. The molecule has 0 unspecified atom stereocenters. The lowest BCUT2D eigenvalue weighted by atomic mass is 9.96. The van der Waals surface area contributed by atoms with Gasteiger partial charge in [0.05, 0.1) is 0 Å². The second kappa shape index (κ2) is 11.6. The van der Waals surface area contributed by atoms with Gasteiger partial charge in [0.15, 0.2) is 5.82 Å². The SMILES string of the molecule is CC(C)C[C@@H]1CN2C(=CN(C3CCN(C)CC3)C[C@@H]2CC(C)C)N(C(=O)/C=C/c2cccc(=O)[nH]2)O1. The van der Waals surface area contributed by atoms with E-state index in [4.69, 9.17) is 4.84 Å². The summed E-state index contributed by atoms with van der Waals surface area (Å²) in [4.78, 5) is 41.6. The second-order valence-electron chi connectivity index (χ2n) is 11.4. The van der Waals surface area contributed by atoms with Crippen molar-refractivity contribution in [3.05, 3.63) is 52.3 Å². The largest absolute Gasteiger partial charge is 0.369 e. The molecule has 2 saturated heterocycles. The molecule has 8 nitrogen and oxygen atoms in total.